The maximum atomic E-state index is 12.8. The van der Waals surface area contributed by atoms with Crippen LogP contribution in [0.15, 0.2) is 0 Å². The molecule has 1 N–H and O–H groups in total. The normalized spacial score (nSPS) is 24.5. The average molecular weight is 248 g/mol. The van der Waals surface area contributed by atoms with Gasteiger partial charge in [0, 0.05) is 7.41 Å². The molecule has 6 heteroatoms. The average Bonchev–Trinajstić information content (AvgIpc) is 2.21. The van der Waals surface area contributed by atoms with Crippen molar-refractivity contribution < 1.29 is 25.2 Å². The number of carbonyl (C=O) groups is 2. The van der Waals surface area contributed by atoms with E-state index in [2.05, 4.69) is 0 Å². The van der Waals surface area contributed by atoms with Gasteiger partial charge in [0.25, 0.3) is 0 Å². The Morgan fingerprint density at radius 2 is 2.18 bits per heavy atom. The maximum Gasteiger partial charge on any atom is 0.411 e. The molecular weight excluding hydrogens is 229 g/mol. The monoisotopic (exact) mass is 248 g/mol. The minimum atomic E-state index is -1.17. The topological polar surface area (TPSA) is 66.8 Å². The molecule has 0 unspecified atom stereocenters. The van der Waals surface area contributed by atoms with Gasteiger partial charge in [0.2, 0.25) is 0 Å². The summed E-state index contributed by atoms with van der Waals surface area (Å²) < 4.78 is 25.0. The van der Waals surface area contributed by atoms with E-state index < -0.39 is 36.4 Å². The second-order valence-electron chi connectivity index (χ2n) is 4.87. The van der Waals surface area contributed by atoms with Gasteiger partial charge in [-0.1, -0.05) is 0 Å². The van der Waals surface area contributed by atoms with E-state index in [0.717, 1.165) is 4.90 Å². The van der Waals surface area contributed by atoms with Crippen molar-refractivity contribution in [2.45, 2.75) is 51.4 Å². The van der Waals surface area contributed by atoms with Crippen LogP contribution in [0, 0.1) is 0 Å². The van der Waals surface area contributed by atoms with E-state index in [1.165, 1.54) is 0 Å². The second-order valence-corrected chi connectivity index (χ2v) is 4.87. The molecule has 0 aromatic carbocycles. The number of carboxylic acids is 1. The molecule has 0 atom stereocenters. The number of ether oxygens (including phenoxy) is 1. The van der Waals surface area contributed by atoms with Crippen LogP contribution in [-0.2, 0) is 9.53 Å². The first-order chi connectivity index (χ1) is 8.25. The van der Waals surface area contributed by atoms with Gasteiger partial charge in [0.05, 0.1) is 0 Å². The Morgan fingerprint density at radius 1 is 1.59 bits per heavy atom. The molecule has 1 rings (SSSR count). The van der Waals surface area contributed by atoms with Crippen molar-refractivity contribution in [3.05, 3.63) is 0 Å². The van der Waals surface area contributed by atoms with Gasteiger partial charge >= 0.3 is 12.1 Å². The number of halogens is 1. The zero-order valence-electron chi connectivity index (χ0n) is 11.0. The summed E-state index contributed by atoms with van der Waals surface area (Å²) in [5, 5.41) is 8.74. The Morgan fingerprint density at radius 3 is 2.59 bits per heavy atom. The molecule has 1 saturated carbocycles. The molecular formula is C11H18FNO4. The SMILES string of the molecule is [2H]CC(C)(C)OC(=O)N(CC(=O)O)C1CC(F)C1. The van der Waals surface area contributed by atoms with Crippen LogP contribution in [0.2, 0.25) is 0 Å². The predicted molar refractivity (Wildman–Crippen MR) is 58.5 cm³/mol. The summed E-state index contributed by atoms with van der Waals surface area (Å²) >= 11 is 0. The van der Waals surface area contributed by atoms with Crippen molar-refractivity contribution in [2.24, 2.45) is 0 Å². The molecule has 0 bridgehead atoms. The lowest BCUT2D eigenvalue weighted by molar-refractivity contribution is -0.139. The van der Waals surface area contributed by atoms with Crippen LogP contribution in [0.3, 0.4) is 0 Å². The first-order valence-corrected chi connectivity index (χ1v) is 5.40. The quantitative estimate of drug-likeness (QED) is 0.827. The van der Waals surface area contributed by atoms with Crippen molar-refractivity contribution in [1.82, 2.24) is 4.90 Å². The number of amides is 1. The fraction of sp³-hybridized carbons (Fsp3) is 0.818. The predicted octanol–water partition coefficient (Wildman–Crippen LogP) is 1.81. The molecule has 0 radical (unpaired) electrons. The van der Waals surface area contributed by atoms with Crippen LogP contribution >= 0.6 is 0 Å². The lowest BCUT2D eigenvalue weighted by Crippen LogP contribution is -2.52. The largest absolute Gasteiger partial charge is 0.480 e. The fourth-order valence-electron chi connectivity index (χ4n) is 1.56. The van der Waals surface area contributed by atoms with E-state index in [1.54, 1.807) is 13.8 Å². The number of rotatable bonds is 3. The van der Waals surface area contributed by atoms with Crippen LogP contribution in [0.4, 0.5) is 9.18 Å². The minimum Gasteiger partial charge on any atom is -0.480 e. The molecule has 98 valence electrons. The Hall–Kier alpha value is -1.33. The highest BCUT2D eigenvalue weighted by Crippen LogP contribution is 2.29. The zero-order chi connectivity index (χ0) is 13.9. The lowest BCUT2D eigenvalue weighted by Gasteiger charge is -2.39. The Labute approximate surface area is 101 Å². The van der Waals surface area contributed by atoms with Crippen LogP contribution in [0.1, 0.15) is 35.0 Å². The van der Waals surface area contributed by atoms with Gasteiger partial charge in [-0.25, -0.2) is 9.18 Å². The number of carbonyl (C=O) groups excluding carboxylic acids is 1. The third kappa shape index (κ3) is 4.20. The highest BCUT2D eigenvalue weighted by molar-refractivity contribution is 5.77. The summed E-state index contributed by atoms with van der Waals surface area (Å²) in [5.41, 5.74) is -0.979. The Bertz CT molecular complexity index is 331. The minimum absolute atomic E-state index is 0.129. The van der Waals surface area contributed by atoms with E-state index in [4.69, 9.17) is 11.2 Å². The number of aliphatic carboxylic acids is 1. The molecule has 0 heterocycles. The van der Waals surface area contributed by atoms with Gasteiger partial charge in [-0.15, -0.1) is 0 Å². The fourth-order valence-corrected chi connectivity index (χ4v) is 1.56. The molecule has 1 aliphatic carbocycles. The number of carboxylic acid groups (broad SMARTS) is 1. The first-order valence-electron chi connectivity index (χ1n) is 6.10. The van der Waals surface area contributed by atoms with Gasteiger partial charge in [0.1, 0.15) is 18.3 Å². The van der Waals surface area contributed by atoms with Gasteiger partial charge < -0.3 is 9.84 Å². The van der Waals surface area contributed by atoms with Crippen LogP contribution in [-0.4, -0.2) is 46.4 Å². The highest BCUT2D eigenvalue weighted by Gasteiger charge is 2.38. The van der Waals surface area contributed by atoms with E-state index in [0.29, 0.717) is 0 Å². The summed E-state index contributed by atoms with van der Waals surface area (Å²) in [4.78, 5) is 23.5. The molecule has 0 saturated heterocycles. The van der Waals surface area contributed by atoms with E-state index in [-0.39, 0.29) is 19.7 Å². The van der Waals surface area contributed by atoms with Gasteiger partial charge in [-0.3, -0.25) is 9.69 Å². The summed E-state index contributed by atoms with van der Waals surface area (Å²) in [6, 6.07) is -0.426. The standard InChI is InChI=1S/C11H18FNO4/c1-11(2,3)17-10(16)13(6-9(14)15)8-4-7(12)5-8/h7-8H,4-6H2,1-3H3,(H,14,15)/i1D. The van der Waals surface area contributed by atoms with E-state index in [9.17, 15) is 14.0 Å². The van der Waals surface area contributed by atoms with E-state index in [1.807, 2.05) is 0 Å². The van der Waals surface area contributed by atoms with Crippen molar-refractivity contribution in [3.63, 3.8) is 0 Å². The smallest absolute Gasteiger partial charge is 0.411 e. The third-order valence-electron chi connectivity index (χ3n) is 2.40. The maximum absolute atomic E-state index is 12.8. The number of hydrogen-bond acceptors (Lipinski definition) is 3. The van der Waals surface area contributed by atoms with Crippen LogP contribution < -0.4 is 0 Å². The van der Waals surface area contributed by atoms with Crippen molar-refractivity contribution in [3.8, 4) is 0 Å². The third-order valence-corrected chi connectivity index (χ3v) is 2.40. The number of nitrogens with zero attached hydrogens (tertiary/aromatic N) is 1. The van der Waals surface area contributed by atoms with Crippen molar-refractivity contribution >= 4 is 12.1 Å². The molecule has 0 aromatic rings. The molecule has 17 heavy (non-hydrogen) atoms. The Kier molecular flexibility index (Phi) is 3.49. The first kappa shape index (κ1) is 12.1. The zero-order valence-corrected chi connectivity index (χ0v) is 9.98. The number of alkyl halides is 1. The lowest BCUT2D eigenvalue weighted by atomic mass is 9.89. The summed E-state index contributed by atoms with van der Waals surface area (Å²) in [5.74, 6) is -1.17. The second kappa shape index (κ2) is 4.89. The molecule has 1 fully saturated rings. The van der Waals surface area contributed by atoms with Gasteiger partial charge in [-0.05, 0) is 33.6 Å². The van der Waals surface area contributed by atoms with Gasteiger partial charge in [-0.2, -0.15) is 0 Å². The molecule has 0 spiro atoms. The number of hydrogen-bond donors (Lipinski definition) is 1. The summed E-state index contributed by atoms with van der Waals surface area (Å²) in [6.07, 6.45) is -1.50. The molecule has 0 aliphatic heterocycles. The molecule has 5 nitrogen and oxygen atoms in total. The highest BCUT2D eigenvalue weighted by atomic mass is 19.1. The van der Waals surface area contributed by atoms with Crippen molar-refractivity contribution in [1.29, 1.82) is 0 Å². The molecule has 0 aromatic heterocycles. The van der Waals surface area contributed by atoms with Crippen LogP contribution in [0.25, 0.3) is 0 Å². The summed E-state index contributed by atoms with van der Waals surface area (Å²) in [6.45, 7) is 2.49. The van der Waals surface area contributed by atoms with E-state index >= 15 is 0 Å². The Balaban J connectivity index is 2.64. The summed E-state index contributed by atoms with van der Waals surface area (Å²) in [7, 11) is 0. The molecule has 1 aliphatic rings. The molecule has 1 amide bonds. The van der Waals surface area contributed by atoms with Crippen molar-refractivity contribution in [2.75, 3.05) is 6.54 Å². The van der Waals surface area contributed by atoms with Gasteiger partial charge in [0.15, 0.2) is 0 Å². The van der Waals surface area contributed by atoms with Crippen LogP contribution in [0.5, 0.6) is 0 Å².